The van der Waals surface area contributed by atoms with Crippen molar-refractivity contribution in [2.24, 2.45) is 5.92 Å². The second-order valence-corrected chi connectivity index (χ2v) is 6.73. The third kappa shape index (κ3) is 5.70. The Kier molecular flexibility index (Phi) is 7.37. The molecule has 1 atom stereocenters. The lowest BCUT2D eigenvalue weighted by molar-refractivity contribution is -0.151. The predicted molar refractivity (Wildman–Crippen MR) is 101 cm³/mol. The molecule has 1 N–H and O–H groups in total. The lowest BCUT2D eigenvalue weighted by Crippen LogP contribution is -2.45. The van der Waals surface area contributed by atoms with Gasteiger partial charge in [-0.1, -0.05) is 44.2 Å². The number of aryl methyl sites for hydroxylation is 1. The molecule has 1 aromatic carbocycles. The molecule has 0 aliphatic heterocycles. The molecule has 0 saturated carbocycles. The number of nitrogens with one attached hydrogen (secondary N) is 1. The van der Waals surface area contributed by atoms with Gasteiger partial charge in [-0.25, -0.2) is 9.59 Å². The highest BCUT2D eigenvalue weighted by Crippen LogP contribution is 2.17. The van der Waals surface area contributed by atoms with Crippen molar-refractivity contribution in [3.8, 4) is 0 Å². The van der Waals surface area contributed by atoms with Crippen LogP contribution >= 0.6 is 0 Å². The minimum Gasteiger partial charge on any atom is -0.465 e. The van der Waals surface area contributed by atoms with Crippen molar-refractivity contribution in [3.63, 3.8) is 0 Å². The van der Waals surface area contributed by atoms with Crippen LogP contribution in [0, 0.1) is 12.8 Å². The molecule has 0 saturated heterocycles. The molecular weight excluding hydrogens is 362 g/mol. The highest BCUT2D eigenvalue weighted by atomic mass is 16.5. The van der Waals surface area contributed by atoms with E-state index in [1.807, 2.05) is 44.2 Å². The van der Waals surface area contributed by atoms with E-state index in [0.29, 0.717) is 11.5 Å². The molecular formula is C21H25NO6. The van der Waals surface area contributed by atoms with Gasteiger partial charge >= 0.3 is 11.9 Å². The lowest BCUT2D eigenvalue weighted by Gasteiger charge is -2.20. The van der Waals surface area contributed by atoms with Crippen LogP contribution in [0.5, 0.6) is 0 Å². The number of hydrogen-bond donors (Lipinski definition) is 1. The van der Waals surface area contributed by atoms with Gasteiger partial charge in [-0.2, -0.15) is 0 Å². The van der Waals surface area contributed by atoms with E-state index in [1.54, 1.807) is 6.92 Å². The van der Waals surface area contributed by atoms with Crippen molar-refractivity contribution in [1.29, 1.82) is 0 Å². The highest BCUT2D eigenvalue weighted by molar-refractivity contribution is 5.90. The van der Waals surface area contributed by atoms with Crippen LogP contribution in [-0.2, 0) is 32.1 Å². The molecule has 0 bridgehead atoms. The van der Waals surface area contributed by atoms with Gasteiger partial charge in [-0.15, -0.1) is 0 Å². The van der Waals surface area contributed by atoms with Crippen molar-refractivity contribution < 1.29 is 28.3 Å². The van der Waals surface area contributed by atoms with Gasteiger partial charge in [0.1, 0.15) is 29.7 Å². The Morgan fingerprint density at radius 2 is 1.82 bits per heavy atom. The highest BCUT2D eigenvalue weighted by Gasteiger charge is 2.26. The zero-order valence-electron chi connectivity index (χ0n) is 16.5. The number of rotatable bonds is 8. The molecule has 1 unspecified atom stereocenters. The Labute approximate surface area is 164 Å². The summed E-state index contributed by atoms with van der Waals surface area (Å²) in [6, 6.07) is 9.97. The van der Waals surface area contributed by atoms with E-state index in [1.165, 1.54) is 13.2 Å². The topological polar surface area (TPSA) is 94.8 Å². The van der Waals surface area contributed by atoms with Crippen LogP contribution in [0.2, 0.25) is 0 Å². The Balaban J connectivity index is 1.95. The number of methoxy groups -OCH3 is 1. The first-order valence-electron chi connectivity index (χ1n) is 8.99. The fraction of sp³-hybridized carbons (Fsp3) is 0.381. The fourth-order valence-corrected chi connectivity index (χ4v) is 2.66. The largest absolute Gasteiger partial charge is 0.465 e. The quantitative estimate of drug-likeness (QED) is 0.700. The molecule has 2 rings (SSSR count). The van der Waals surface area contributed by atoms with Crippen molar-refractivity contribution in [2.45, 2.75) is 39.8 Å². The molecule has 0 fully saturated rings. The molecule has 7 heteroatoms. The molecule has 0 aliphatic carbocycles. The van der Waals surface area contributed by atoms with Gasteiger partial charge in [-0.3, -0.25) is 4.79 Å². The van der Waals surface area contributed by atoms with Crippen LogP contribution < -0.4 is 5.32 Å². The summed E-state index contributed by atoms with van der Waals surface area (Å²) >= 11 is 0. The van der Waals surface area contributed by atoms with E-state index in [-0.39, 0.29) is 30.4 Å². The molecule has 150 valence electrons. The predicted octanol–water partition coefficient (Wildman–Crippen LogP) is 2.80. The minimum atomic E-state index is -0.785. The van der Waals surface area contributed by atoms with E-state index in [9.17, 15) is 14.4 Å². The second kappa shape index (κ2) is 9.73. The van der Waals surface area contributed by atoms with Gasteiger partial charge in [-0.05, 0) is 24.5 Å². The van der Waals surface area contributed by atoms with Crippen LogP contribution in [0.15, 0.2) is 40.8 Å². The molecule has 28 heavy (non-hydrogen) atoms. The molecule has 1 heterocycles. The molecule has 0 aliphatic rings. The van der Waals surface area contributed by atoms with E-state index in [0.717, 1.165) is 5.56 Å². The fourth-order valence-electron chi connectivity index (χ4n) is 2.66. The first-order valence-corrected chi connectivity index (χ1v) is 8.99. The van der Waals surface area contributed by atoms with E-state index >= 15 is 0 Å². The first-order chi connectivity index (χ1) is 13.3. The zero-order valence-corrected chi connectivity index (χ0v) is 16.5. The van der Waals surface area contributed by atoms with Crippen molar-refractivity contribution in [2.75, 3.05) is 7.11 Å². The number of amides is 1. The third-order valence-corrected chi connectivity index (χ3v) is 4.18. The summed E-state index contributed by atoms with van der Waals surface area (Å²) in [6.07, 6.45) is 0.178. The molecule has 0 spiro atoms. The third-order valence-electron chi connectivity index (χ3n) is 4.18. The summed E-state index contributed by atoms with van der Waals surface area (Å²) < 4.78 is 15.4. The maximum absolute atomic E-state index is 12.5. The average Bonchev–Trinajstić information content (AvgIpc) is 3.04. The normalized spacial score (nSPS) is 11.8. The van der Waals surface area contributed by atoms with Crippen LogP contribution in [0.4, 0.5) is 0 Å². The Morgan fingerprint density at radius 1 is 1.14 bits per heavy atom. The standard InChI is InChI=1S/C21H25NO6/c1-13(2)19(22-18(23)10-15-8-6-5-7-9-15)21(25)27-12-16-11-17(14(3)28-16)20(24)26-4/h5-9,11,13,19H,10,12H2,1-4H3,(H,22,23). The van der Waals surface area contributed by atoms with Crippen LogP contribution in [0.3, 0.4) is 0 Å². The Morgan fingerprint density at radius 3 is 2.43 bits per heavy atom. The number of furan rings is 1. The van der Waals surface area contributed by atoms with Gasteiger partial charge in [0.05, 0.1) is 13.5 Å². The molecule has 1 amide bonds. The summed E-state index contributed by atoms with van der Waals surface area (Å²) in [5, 5.41) is 2.73. The summed E-state index contributed by atoms with van der Waals surface area (Å²) in [5.74, 6) is -0.796. The SMILES string of the molecule is COC(=O)c1cc(COC(=O)C(NC(=O)Cc2ccccc2)C(C)C)oc1C. The Bertz CT molecular complexity index is 825. The number of esters is 2. The van der Waals surface area contributed by atoms with Gasteiger partial charge in [0.2, 0.25) is 5.91 Å². The summed E-state index contributed by atoms with van der Waals surface area (Å²) in [7, 11) is 1.28. The monoisotopic (exact) mass is 387 g/mol. The van der Waals surface area contributed by atoms with Crippen LogP contribution in [0.1, 0.15) is 41.3 Å². The zero-order chi connectivity index (χ0) is 20.7. The van der Waals surface area contributed by atoms with Gasteiger partial charge < -0.3 is 19.2 Å². The lowest BCUT2D eigenvalue weighted by atomic mass is 10.0. The minimum absolute atomic E-state index is 0.144. The van der Waals surface area contributed by atoms with Gasteiger partial charge in [0, 0.05) is 0 Å². The van der Waals surface area contributed by atoms with Gasteiger partial charge in [0.25, 0.3) is 0 Å². The van der Waals surface area contributed by atoms with E-state index < -0.39 is 18.0 Å². The smallest absolute Gasteiger partial charge is 0.341 e. The summed E-state index contributed by atoms with van der Waals surface area (Å²) in [5.41, 5.74) is 1.14. The number of carbonyl (C=O) groups excluding carboxylic acids is 3. The number of carbonyl (C=O) groups is 3. The Hall–Kier alpha value is -3.09. The molecule has 1 aromatic heterocycles. The molecule has 0 radical (unpaired) electrons. The van der Waals surface area contributed by atoms with Gasteiger partial charge in [0.15, 0.2) is 0 Å². The van der Waals surface area contributed by atoms with Crippen molar-refractivity contribution in [1.82, 2.24) is 5.32 Å². The molecule has 7 nitrogen and oxygen atoms in total. The summed E-state index contributed by atoms with van der Waals surface area (Å²) in [4.78, 5) is 36.3. The number of hydrogen-bond acceptors (Lipinski definition) is 6. The van der Waals surface area contributed by atoms with Crippen molar-refractivity contribution >= 4 is 17.8 Å². The number of benzene rings is 1. The molecule has 2 aromatic rings. The number of ether oxygens (including phenoxy) is 2. The first kappa shape index (κ1) is 21.2. The van der Waals surface area contributed by atoms with E-state index in [2.05, 4.69) is 10.1 Å². The second-order valence-electron chi connectivity index (χ2n) is 6.73. The average molecular weight is 387 g/mol. The maximum atomic E-state index is 12.5. The summed E-state index contributed by atoms with van der Waals surface area (Å²) in [6.45, 7) is 5.12. The van der Waals surface area contributed by atoms with Crippen LogP contribution in [-0.4, -0.2) is 31.0 Å². The van der Waals surface area contributed by atoms with Crippen LogP contribution in [0.25, 0.3) is 0 Å². The van der Waals surface area contributed by atoms with E-state index in [4.69, 9.17) is 9.15 Å². The van der Waals surface area contributed by atoms with Crippen molar-refractivity contribution in [3.05, 3.63) is 59.0 Å². The maximum Gasteiger partial charge on any atom is 0.341 e.